The van der Waals surface area contributed by atoms with E-state index in [4.69, 9.17) is 4.74 Å². The first-order valence-corrected chi connectivity index (χ1v) is 20.4. The lowest BCUT2D eigenvalue weighted by molar-refractivity contribution is 0.415. The summed E-state index contributed by atoms with van der Waals surface area (Å²) in [7, 11) is 1.72. The summed E-state index contributed by atoms with van der Waals surface area (Å²) in [4.78, 5) is 2.42. The van der Waals surface area contributed by atoms with Gasteiger partial charge in [0.15, 0.2) is 0 Å². The van der Waals surface area contributed by atoms with Gasteiger partial charge in [0.1, 0.15) is 5.75 Å². The van der Waals surface area contributed by atoms with E-state index in [-0.39, 0.29) is 0 Å². The van der Waals surface area contributed by atoms with Crippen LogP contribution in [-0.4, -0.2) is 7.11 Å². The third kappa shape index (κ3) is 5.13. The zero-order chi connectivity index (χ0) is 39.4. The van der Waals surface area contributed by atoms with Crippen molar-refractivity contribution < 1.29 is 4.74 Å². The highest BCUT2D eigenvalue weighted by atomic mass is 16.5. The van der Waals surface area contributed by atoms with Crippen molar-refractivity contribution in [2.24, 2.45) is 0 Å². The maximum Gasteiger partial charge on any atom is 0.119 e. The van der Waals surface area contributed by atoms with E-state index in [0.717, 1.165) is 22.8 Å². The fraction of sp³-hybridized carbons (Fsp3) is 0.0526. The fourth-order valence-electron chi connectivity index (χ4n) is 10.3. The minimum atomic E-state index is -0.522. The summed E-state index contributed by atoms with van der Waals surface area (Å²) in [5, 5.41) is 0. The van der Waals surface area contributed by atoms with Crippen LogP contribution in [0.3, 0.4) is 0 Å². The molecule has 0 fully saturated rings. The topological polar surface area (TPSA) is 12.5 Å². The van der Waals surface area contributed by atoms with Gasteiger partial charge in [-0.2, -0.15) is 0 Å². The number of ether oxygens (including phenoxy) is 1. The molecule has 0 saturated carbocycles. The van der Waals surface area contributed by atoms with Crippen molar-refractivity contribution in [3.63, 3.8) is 0 Å². The average molecular weight is 756 g/mol. The smallest absolute Gasteiger partial charge is 0.119 e. The summed E-state index contributed by atoms with van der Waals surface area (Å²) < 4.78 is 5.69. The molecular formula is C57H41NO. The van der Waals surface area contributed by atoms with Crippen molar-refractivity contribution in [2.75, 3.05) is 12.0 Å². The first kappa shape index (κ1) is 34.8. The van der Waals surface area contributed by atoms with Crippen LogP contribution in [0.5, 0.6) is 5.75 Å². The van der Waals surface area contributed by atoms with Crippen LogP contribution in [0.25, 0.3) is 22.3 Å². The quantitative estimate of drug-likeness (QED) is 0.153. The van der Waals surface area contributed by atoms with Gasteiger partial charge in [0, 0.05) is 17.1 Å². The Hall–Kier alpha value is -7.42. The number of methoxy groups -OCH3 is 1. The lowest BCUT2D eigenvalue weighted by Gasteiger charge is -2.36. The lowest BCUT2D eigenvalue weighted by Crippen LogP contribution is -2.29. The number of hydrogen-bond acceptors (Lipinski definition) is 2. The molecule has 2 aliphatic rings. The van der Waals surface area contributed by atoms with E-state index < -0.39 is 10.8 Å². The van der Waals surface area contributed by atoms with E-state index in [9.17, 15) is 0 Å². The molecule has 280 valence electrons. The Morgan fingerprint density at radius 1 is 0.305 bits per heavy atom. The van der Waals surface area contributed by atoms with Crippen molar-refractivity contribution in [2.45, 2.75) is 10.8 Å². The highest BCUT2D eigenvalue weighted by molar-refractivity contribution is 5.92. The Bertz CT molecular complexity index is 2700. The van der Waals surface area contributed by atoms with Gasteiger partial charge in [-0.05, 0) is 115 Å². The molecule has 0 amide bonds. The standard InChI is InChI=1S/C57H41NO/c1-59-47-34-30-44(31-35-47)58(45-32-36-50-48-26-14-16-28-52(48)56(54(50)38-45,40-18-6-2-7-19-40)41-20-8-3-9-21-41)46-33-37-51-49-27-15-17-29-53(49)57(55(51)39-46,42-22-10-4-11-23-42)43-24-12-5-13-25-43/h2-39H,1H3. The van der Waals surface area contributed by atoms with Crippen LogP contribution in [0.1, 0.15) is 44.5 Å². The summed E-state index contributed by atoms with van der Waals surface area (Å²) in [5.74, 6) is 0.821. The zero-order valence-corrected chi connectivity index (χ0v) is 32.8. The maximum atomic E-state index is 5.69. The van der Waals surface area contributed by atoms with E-state index in [1.807, 2.05) is 0 Å². The summed E-state index contributed by atoms with van der Waals surface area (Å²) in [5.41, 5.74) is 17.3. The van der Waals surface area contributed by atoms with Gasteiger partial charge < -0.3 is 9.64 Å². The van der Waals surface area contributed by atoms with Crippen LogP contribution in [0.15, 0.2) is 231 Å². The second-order valence-electron chi connectivity index (χ2n) is 15.5. The number of anilines is 3. The van der Waals surface area contributed by atoms with Crippen LogP contribution >= 0.6 is 0 Å². The van der Waals surface area contributed by atoms with Crippen molar-refractivity contribution in [3.05, 3.63) is 275 Å². The Balaban J connectivity index is 1.19. The summed E-state index contributed by atoms with van der Waals surface area (Å²) in [6.45, 7) is 0. The first-order chi connectivity index (χ1) is 29.2. The minimum absolute atomic E-state index is 0.522. The number of rotatable bonds is 8. The molecule has 0 radical (unpaired) electrons. The third-order valence-electron chi connectivity index (χ3n) is 12.7. The molecule has 2 nitrogen and oxygen atoms in total. The largest absolute Gasteiger partial charge is 0.497 e. The first-order valence-electron chi connectivity index (χ1n) is 20.4. The molecule has 0 N–H and O–H groups in total. The predicted octanol–water partition coefficient (Wildman–Crippen LogP) is 13.9. The Labute approximate surface area is 346 Å². The fourth-order valence-corrected chi connectivity index (χ4v) is 10.3. The van der Waals surface area contributed by atoms with Crippen molar-refractivity contribution >= 4 is 17.1 Å². The Morgan fingerprint density at radius 2 is 0.627 bits per heavy atom. The zero-order valence-electron chi connectivity index (χ0n) is 32.8. The molecule has 0 spiro atoms. The maximum absolute atomic E-state index is 5.69. The van der Waals surface area contributed by atoms with Crippen molar-refractivity contribution in [3.8, 4) is 28.0 Å². The molecule has 2 aliphatic carbocycles. The third-order valence-corrected chi connectivity index (χ3v) is 12.7. The summed E-state index contributed by atoms with van der Waals surface area (Å²) >= 11 is 0. The predicted molar refractivity (Wildman–Crippen MR) is 242 cm³/mol. The molecule has 0 saturated heterocycles. The second kappa shape index (κ2) is 13.9. The van der Waals surface area contributed by atoms with Crippen LogP contribution in [0.4, 0.5) is 17.1 Å². The van der Waals surface area contributed by atoms with Crippen LogP contribution in [-0.2, 0) is 10.8 Å². The molecule has 2 heteroatoms. The average Bonchev–Trinajstić information content (AvgIpc) is 3.78. The van der Waals surface area contributed by atoms with E-state index in [0.29, 0.717) is 0 Å². The molecule has 0 unspecified atom stereocenters. The Kier molecular flexibility index (Phi) is 8.20. The number of fused-ring (bicyclic) bond motifs is 6. The van der Waals surface area contributed by atoms with Gasteiger partial charge in [-0.3, -0.25) is 0 Å². The Morgan fingerprint density at radius 3 is 1.00 bits per heavy atom. The van der Waals surface area contributed by atoms with Gasteiger partial charge in [0.05, 0.1) is 17.9 Å². The highest BCUT2D eigenvalue weighted by Crippen LogP contribution is 2.59. The minimum Gasteiger partial charge on any atom is -0.497 e. The number of nitrogens with zero attached hydrogens (tertiary/aromatic N) is 1. The highest BCUT2D eigenvalue weighted by Gasteiger charge is 2.48. The molecule has 59 heavy (non-hydrogen) atoms. The summed E-state index contributed by atoms with van der Waals surface area (Å²) in [6.07, 6.45) is 0. The van der Waals surface area contributed by atoms with Gasteiger partial charge in [0.2, 0.25) is 0 Å². The number of hydrogen-bond donors (Lipinski definition) is 0. The molecule has 0 aromatic heterocycles. The molecule has 0 heterocycles. The monoisotopic (exact) mass is 755 g/mol. The molecule has 9 aromatic carbocycles. The van der Waals surface area contributed by atoms with Gasteiger partial charge in [-0.15, -0.1) is 0 Å². The van der Waals surface area contributed by atoms with Crippen LogP contribution in [0, 0.1) is 0 Å². The molecular weight excluding hydrogens is 715 g/mol. The lowest BCUT2D eigenvalue weighted by atomic mass is 9.67. The van der Waals surface area contributed by atoms with Gasteiger partial charge >= 0.3 is 0 Å². The van der Waals surface area contributed by atoms with E-state index in [2.05, 4.69) is 235 Å². The van der Waals surface area contributed by atoms with Gasteiger partial charge in [-0.25, -0.2) is 0 Å². The van der Waals surface area contributed by atoms with Crippen LogP contribution < -0.4 is 9.64 Å². The SMILES string of the molecule is COc1ccc(N(c2ccc3c(c2)C(c2ccccc2)(c2ccccc2)c2ccccc2-3)c2ccc3c(c2)C(c2ccccc2)(c2ccccc2)c2ccccc2-3)cc1. The van der Waals surface area contributed by atoms with Crippen molar-refractivity contribution in [1.29, 1.82) is 0 Å². The molecule has 0 bridgehead atoms. The molecule has 0 aliphatic heterocycles. The molecule has 11 rings (SSSR count). The second-order valence-corrected chi connectivity index (χ2v) is 15.5. The van der Waals surface area contributed by atoms with E-state index >= 15 is 0 Å². The van der Waals surface area contributed by atoms with Crippen molar-refractivity contribution in [1.82, 2.24) is 0 Å². The number of benzene rings is 9. The van der Waals surface area contributed by atoms with Gasteiger partial charge in [0.25, 0.3) is 0 Å². The van der Waals surface area contributed by atoms with E-state index in [1.165, 1.54) is 66.8 Å². The van der Waals surface area contributed by atoms with Crippen LogP contribution in [0.2, 0.25) is 0 Å². The van der Waals surface area contributed by atoms with E-state index in [1.54, 1.807) is 7.11 Å². The molecule has 9 aromatic rings. The summed E-state index contributed by atoms with van der Waals surface area (Å²) in [6, 6.07) is 84.7. The molecule has 0 atom stereocenters. The normalized spacial score (nSPS) is 13.8. The van der Waals surface area contributed by atoms with Gasteiger partial charge in [-0.1, -0.05) is 182 Å².